The largest absolute Gasteiger partial charge is 0.494 e. The molecule has 0 bridgehead atoms. The molecule has 1 aromatic carbocycles. The molecule has 1 aromatic rings. The summed E-state index contributed by atoms with van der Waals surface area (Å²) in [5.74, 6) is 1.55. The standard InChI is InChI=1S/C20H28N2O3/c1-3-25-16-6-7-17-14(11-16)8-10-21-13-15-5-4-9-22(20(23)24-2)18(15)12-19(17)21/h6-7,11,15,18-19H,3-5,8-10,12-13H2,1-2H3. The van der Waals surface area contributed by atoms with Crippen molar-refractivity contribution in [3.05, 3.63) is 29.3 Å². The number of ether oxygens (including phenoxy) is 2. The number of hydrogen-bond donors (Lipinski definition) is 0. The molecule has 0 saturated carbocycles. The maximum Gasteiger partial charge on any atom is 0.409 e. The van der Waals surface area contributed by atoms with Crippen LogP contribution in [0.3, 0.4) is 0 Å². The lowest BCUT2D eigenvalue weighted by molar-refractivity contribution is -0.00843. The number of rotatable bonds is 2. The maximum absolute atomic E-state index is 12.2. The van der Waals surface area contributed by atoms with Crippen LogP contribution in [0.4, 0.5) is 4.79 Å². The molecule has 2 fully saturated rings. The van der Waals surface area contributed by atoms with Gasteiger partial charge in [0.15, 0.2) is 0 Å². The van der Waals surface area contributed by atoms with Crippen molar-refractivity contribution < 1.29 is 14.3 Å². The number of methoxy groups -OCH3 is 1. The third-order valence-corrected chi connectivity index (χ3v) is 6.15. The van der Waals surface area contributed by atoms with Gasteiger partial charge in [0.25, 0.3) is 0 Å². The first-order chi connectivity index (χ1) is 12.2. The molecule has 0 aromatic heterocycles. The van der Waals surface area contributed by atoms with Gasteiger partial charge in [0, 0.05) is 31.7 Å². The summed E-state index contributed by atoms with van der Waals surface area (Å²) < 4.78 is 10.7. The van der Waals surface area contributed by atoms with Crippen molar-refractivity contribution >= 4 is 6.09 Å². The Bertz CT molecular complexity index is 648. The second-order valence-corrected chi connectivity index (χ2v) is 7.42. The van der Waals surface area contributed by atoms with Crippen LogP contribution in [-0.4, -0.2) is 55.3 Å². The monoisotopic (exact) mass is 344 g/mol. The molecule has 5 heteroatoms. The summed E-state index contributed by atoms with van der Waals surface area (Å²) in [6.07, 6.45) is 4.25. The van der Waals surface area contributed by atoms with Gasteiger partial charge in [-0.2, -0.15) is 0 Å². The van der Waals surface area contributed by atoms with Crippen LogP contribution in [0.2, 0.25) is 0 Å². The molecule has 5 nitrogen and oxygen atoms in total. The van der Waals surface area contributed by atoms with Crippen LogP contribution in [0.5, 0.6) is 5.75 Å². The van der Waals surface area contributed by atoms with Crippen LogP contribution in [-0.2, 0) is 11.2 Å². The summed E-state index contributed by atoms with van der Waals surface area (Å²) in [6.45, 7) is 5.75. The third kappa shape index (κ3) is 2.99. The number of benzene rings is 1. The van der Waals surface area contributed by atoms with Crippen LogP contribution in [0, 0.1) is 5.92 Å². The smallest absolute Gasteiger partial charge is 0.409 e. The third-order valence-electron chi connectivity index (χ3n) is 6.15. The van der Waals surface area contributed by atoms with Gasteiger partial charge in [-0.3, -0.25) is 4.90 Å². The average molecular weight is 344 g/mol. The van der Waals surface area contributed by atoms with E-state index < -0.39 is 0 Å². The average Bonchev–Trinajstić information content (AvgIpc) is 2.65. The Morgan fingerprint density at radius 1 is 1.32 bits per heavy atom. The minimum atomic E-state index is -0.161. The highest BCUT2D eigenvalue weighted by molar-refractivity contribution is 5.68. The van der Waals surface area contributed by atoms with Crippen LogP contribution in [0.1, 0.15) is 43.4 Å². The Labute approximate surface area is 149 Å². The lowest BCUT2D eigenvalue weighted by atomic mass is 9.77. The predicted octanol–water partition coefficient (Wildman–Crippen LogP) is 3.24. The summed E-state index contributed by atoms with van der Waals surface area (Å²) in [7, 11) is 1.49. The SMILES string of the molecule is CCOc1ccc2c(c1)CCN1CC3CCCN(C(=O)OC)C3CC21. The number of carbonyl (C=O) groups excluding carboxylic acids is 1. The molecular weight excluding hydrogens is 316 g/mol. The van der Waals surface area contributed by atoms with E-state index in [1.807, 2.05) is 11.8 Å². The van der Waals surface area contributed by atoms with Crippen molar-refractivity contribution in [3.8, 4) is 5.75 Å². The van der Waals surface area contributed by atoms with Gasteiger partial charge in [-0.25, -0.2) is 4.79 Å². The zero-order chi connectivity index (χ0) is 17.4. The molecule has 3 aliphatic rings. The van der Waals surface area contributed by atoms with Gasteiger partial charge >= 0.3 is 6.09 Å². The number of piperidine rings is 2. The first kappa shape index (κ1) is 16.7. The van der Waals surface area contributed by atoms with Gasteiger partial charge in [0.1, 0.15) is 5.75 Å². The summed E-state index contributed by atoms with van der Waals surface area (Å²) >= 11 is 0. The lowest BCUT2D eigenvalue weighted by Gasteiger charge is -2.51. The molecule has 1 amide bonds. The lowest BCUT2D eigenvalue weighted by Crippen LogP contribution is -2.57. The van der Waals surface area contributed by atoms with Crippen LogP contribution >= 0.6 is 0 Å². The molecule has 25 heavy (non-hydrogen) atoms. The van der Waals surface area contributed by atoms with Gasteiger partial charge in [-0.05, 0) is 61.8 Å². The number of amides is 1. The van der Waals surface area contributed by atoms with Crippen molar-refractivity contribution in [1.82, 2.24) is 9.80 Å². The highest BCUT2D eigenvalue weighted by Gasteiger charge is 2.44. The number of carbonyl (C=O) groups is 1. The van der Waals surface area contributed by atoms with E-state index in [0.29, 0.717) is 24.6 Å². The normalized spacial score (nSPS) is 28.6. The van der Waals surface area contributed by atoms with E-state index >= 15 is 0 Å². The fraction of sp³-hybridized carbons (Fsp3) is 0.650. The van der Waals surface area contributed by atoms with E-state index in [1.54, 1.807) is 0 Å². The second-order valence-electron chi connectivity index (χ2n) is 7.42. The molecule has 0 spiro atoms. The van der Waals surface area contributed by atoms with E-state index in [9.17, 15) is 4.79 Å². The Morgan fingerprint density at radius 3 is 3.00 bits per heavy atom. The van der Waals surface area contributed by atoms with Gasteiger partial charge in [-0.15, -0.1) is 0 Å². The van der Waals surface area contributed by atoms with Gasteiger partial charge in [0.2, 0.25) is 0 Å². The molecular formula is C20H28N2O3. The topological polar surface area (TPSA) is 42.0 Å². The zero-order valence-corrected chi connectivity index (χ0v) is 15.2. The van der Waals surface area contributed by atoms with Crippen molar-refractivity contribution in [2.45, 2.75) is 44.7 Å². The minimum absolute atomic E-state index is 0.161. The van der Waals surface area contributed by atoms with Crippen LogP contribution < -0.4 is 4.74 Å². The van der Waals surface area contributed by atoms with Gasteiger partial charge < -0.3 is 14.4 Å². The van der Waals surface area contributed by atoms with E-state index in [2.05, 4.69) is 23.1 Å². The fourth-order valence-corrected chi connectivity index (χ4v) is 5.03. The fourth-order valence-electron chi connectivity index (χ4n) is 5.03. The number of nitrogens with zero attached hydrogens (tertiary/aromatic N) is 2. The molecule has 0 radical (unpaired) electrons. The Hall–Kier alpha value is -1.75. The minimum Gasteiger partial charge on any atom is -0.494 e. The van der Waals surface area contributed by atoms with Crippen LogP contribution in [0.15, 0.2) is 18.2 Å². The molecule has 0 aliphatic carbocycles. The molecule has 3 aliphatic heterocycles. The molecule has 4 rings (SSSR count). The molecule has 3 heterocycles. The van der Waals surface area contributed by atoms with E-state index in [0.717, 1.165) is 44.6 Å². The number of likely N-dealkylation sites (tertiary alicyclic amines) is 1. The molecule has 2 saturated heterocycles. The van der Waals surface area contributed by atoms with Gasteiger partial charge in [0.05, 0.1) is 13.7 Å². The second kappa shape index (κ2) is 6.87. The molecule has 3 atom stereocenters. The van der Waals surface area contributed by atoms with Crippen molar-refractivity contribution in [1.29, 1.82) is 0 Å². The number of hydrogen-bond acceptors (Lipinski definition) is 4. The Morgan fingerprint density at radius 2 is 2.20 bits per heavy atom. The van der Waals surface area contributed by atoms with Crippen molar-refractivity contribution in [3.63, 3.8) is 0 Å². The van der Waals surface area contributed by atoms with E-state index in [1.165, 1.54) is 24.7 Å². The quantitative estimate of drug-likeness (QED) is 0.826. The van der Waals surface area contributed by atoms with Gasteiger partial charge in [-0.1, -0.05) is 6.07 Å². The Balaban J connectivity index is 1.60. The summed E-state index contributed by atoms with van der Waals surface area (Å²) in [4.78, 5) is 16.8. The van der Waals surface area contributed by atoms with Crippen molar-refractivity contribution in [2.75, 3.05) is 33.4 Å². The van der Waals surface area contributed by atoms with E-state index in [4.69, 9.17) is 9.47 Å². The highest BCUT2D eigenvalue weighted by atomic mass is 16.5. The maximum atomic E-state index is 12.2. The summed E-state index contributed by atoms with van der Waals surface area (Å²) in [6, 6.07) is 7.26. The molecule has 136 valence electrons. The zero-order valence-electron chi connectivity index (χ0n) is 15.2. The molecule has 3 unspecified atom stereocenters. The predicted molar refractivity (Wildman–Crippen MR) is 95.9 cm³/mol. The summed E-state index contributed by atoms with van der Waals surface area (Å²) in [5, 5.41) is 0. The number of fused-ring (bicyclic) bond motifs is 4. The van der Waals surface area contributed by atoms with Crippen LogP contribution in [0.25, 0.3) is 0 Å². The van der Waals surface area contributed by atoms with E-state index in [-0.39, 0.29) is 6.09 Å². The highest BCUT2D eigenvalue weighted by Crippen LogP contribution is 2.43. The Kier molecular flexibility index (Phi) is 4.59. The first-order valence-electron chi connectivity index (χ1n) is 9.55. The summed E-state index contributed by atoms with van der Waals surface area (Å²) in [5.41, 5.74) is 2.83. The van der Waals surface area contributed by atoms with Crippen molar-refractivity contribution in [2.24, 2.45) is 5.92 Å². The molecule has 0 N–H and O–H groups in total. The first-order valence-corrected chi connectivity index (χ1v) is 9.55.